The van der Waals surface area contributed by atoms with Crippen LogP contribution in [0.4, 0.5) is 4.39 Å². The normalized spacial score (nSPS) is 18.2. The lowest BCUT2D eigenvalue weighted by Gasteiger charge is -2.21. The number of rotatable bonds is 1. The molecule has 2 nitrogen and oxygen atoms in total. The molecule has 1 saturated heterocycles. The second-order valence-electron chi connectivity index (χ2n) is 3.01. The predicted octanol–water partition coefficient (Wildman–Crippen LogP) is 1.49. The summed E-state index contributed by atoms with van der Waals surface area (Å²) in [5.41, 5.74) is 1.05. The van der Waals surface area contributed by atoms with Crippen molar-refractivity contribution in [1.82, 2.24) is 0 Å². The van der Waals surface area contributed by atoms with E-state index in [1.807, 2.05) is 0 Å². The van der Waals surface area contributed by atoms with Crippen LogP contribution in [-0.4, -0.2) is 20.9 Å². The van der Waals surface area contributed by atoms with Crippen LogP contribution in [0.15, 0.2) is 24.3 Å². The maximum Gasteiger partial charge on any atom is 0.488 e. The SMILES string of the molecule is Fc1ccc(C2CO[B]OC2)cc1. The van der Waals surface area contributed by atoms with E-state index >= 15 is 0 Å². The Morgan fingerprint density at radius 3 is 2.38 bits per heavy atom. The van der Waals surface area contributed by atoms with Gasteiger partial charge in [0.2, 0.25) is 0 Å². The van der Waals surface area contributed by atoms with Crippen LogP contribution in [0.25, 0.3) is 0 Å². The molecular formula is C9H9BFO2. The summed E-state index contributed by atoms with van der Waals surface area (Å²) in [5.74, 6) is -0.00133. The van der Waals surface area contributed by atoms with Crippen molar-refractivity contribution in [3.63, 3.8) is 0 Å². The highest BCUT2D eigenvalue weighted by molar-refractivity contribution is 6.18. The molecule has 13 heavy (non-hydrogen) atoms. The lowest BCUT2D eigenvalue weighted by atomic mass is 9.99. The Balaban J connectivity index is 2.10. The minimum absolute atomic E-state index is 0.214. The average molecular weight is 179 g/mol. The van der Waals surface area contributed by atoms with Crippen molar-refractivity contribution in [2.24, 2.45) is 0 Å². The third kappa shape index (κ3) is 2.08. The molecule has 0 amide bonds. The van der Waals surface area contributed by atoms with Crippen LogP contribution in [0, 0.1) is 5.82 Å². The molecule has 2 rings (SSSR count). The summed E-state index contributed by atoms with van der Waals surface area (Å²) in [5, 5.41) is 0. The number of hydrogen-bond donors (Lipinski definition) is 0. The maximum atomic E-state index is 12.6. The summed E-state index contributed by atoms with van der Waals surface area (Å²) in [6.07, 6.45) is 0. The van der Waals surface area contributed by atoms with Crippen LogP contribution in [0.1, 0.15) is 11.5 Å². The molecule has 1 fully saturated rings. The summed E-state index contributed by atoms with van der Waals surface area (Å²) >= 11 is 0. The van der Waals surface area contributed by atoms with Crippen molar-refractivity contribution in [1.29, 1.82) is 0 Å². The Morgan fingerprint density at radius 1 is 1.15 bits per heavy atom. The number of hydrogen-bond acceptors (Lipinski definition) is 2. The first-order valence-electron chi connectivity index (χ1n) is 4.16. The molecule has 67 valence electrons. The standard InChI is InChI=1S/C9H9BFO2/c11-9-3-1-7(2-4-9)8-5-12-10-13-6-8/h1-4,8H,5-6H2. The van der Waals surface area contributed by atoms with Crippen LogP contribution in [-0.2, 0) is 9.31 Å². The molecule has 4 heteroatoms. The number of halogens is 1. The fourth-order valence-corrected chi connectivity index (χ4v) is 1.33. The van der Waals surface area contributed by atoms with Gasteiger partial charge >= 0.3 is 7.69 Å². The minimum atomic E-state index is -0.215. The Kier molecular flexibility index (Phi) is 2.61. The third-order valence-electron chi connectivity index (χ3n) is 2.07. The van der Waals surface area contributed by atoms with Crippen molar-refractivity contribution in [2.45, 2.75) is 5.92 Å². The molecule has 0 bridgehead atoms. The highest BCUT2D eigenvalue weighted by Crippen LogP contribution is 2.19. The largest absolute Gasteiger partial charge is 0.488 e. The molecular weight excluding hydrogens is 170 g/mol. The first-order valence-corrected chi connectivity index (χ1v) is 4.16. The van der Waals surface area contributed by atoms with Gasteiger partial charge in [-0.15, -0.1) is 0 Å². The Morgan fingerprint density at radius 2 is 1.77 bits per heavy atom. The van der Waals surface area contributed by atoms with E-state index in [0.717, 1.165) is 5.56 Å². The Labute approximate surface area is 77.0 Å². The quantitative estimate of drug-likeness (QED) is 0.608. The van der Waals surface area contributed by atoms with Gasteiger partial charge in [0, 0.05) is 19.1 Å². The van der Waals surface area contributed by atoms with Gasteiger partial charge in [-0.25, -0.2) is 4.39 Å². The van der Waals surface area contributed by atoms with Crippen molar-refractivity contribution in [3.8, 4) is 0 Å². The van der Waals surface area contributed by atoms with Crippen LogP contribution < -0.4 is 0 Å². The topological polar surface area (TPSA) is 18.5 Å². The van der Waals surface area contributed by atoms with Gasteiger partial charge in [0.15, 0.2) is 0 Å². The van der Waals surface area contributed by atoms with Gasteiger partial charge in [-0.05, 0) is 17.7 Å². The third-order valence-corrected chi connectivity index (χ3v) is 2.07. The zero-order valence-corrected chi connectivity index (χ0v) is 7.07. The molecule has 1 aliphatic heterocycles. The first-order chi connectivity index (χ1) is 6.36. The second-order valence-corrected chi connectivity index (χ2v) is 3.01. The van der Waals surface area contributed by atoms with E-state index in [9.17, 15) is 4.39 Å². The van der Waals surface area contributed by atoms with E-state index in [1.165, 1.54) is 19.8 Å². The Hall–Kier alpha value is -0.865. The second kappa shape index (κ2) is 3.90. The van der Waals surface area contributed by atoms with E-state index in [4.69, 9.17) is 9.31 Å². The van der Waals surface area contributed by atoms with Gasteiger partial charge < -0.3 is 9.31 Å². The van der Waals surface area contributed by atoms with E-state index in [0.29, 0.717) is 13.2 Å². The van der Waals surface area contributed by atoms with Gasteiger partial charge in [-0.3, -0.25) is 0 Å². The summed E-state index contributed by atoms with van der Waals surface area (Å²) in [4.78, 5) is 0. The van der Waals surface area contributed by atoms with Crippen molar-refractivity contribution >= 4 is 7.69 Å². The molecule has 0 N–H and O–H groups in total. The summed E-state index contributed by atoms with van der Waals surface area (Å²) in [6, 6.07) is 6.43. The van der Waals surface area contributed by atoms with Gasteiger partial charge in [-0.1, -0.05) is 12.1 Å². The molecule has 0 saturated carbocycles. The first kappa shape index (κ1) is 8.72. The molecule has 1 aromatic carbocycles. The predicted molar refractivity (Wildman–Crippen MR) is 46.8 cm³/mol. The zero-order valence-electron chi connectivity index (χ0n) is 7.07. The van der Waals surface area contributed by atoms with E-state index in [1.54, 1.807) is 12.1 Å². The lowest BCUT2D eigenvalue weighted by Crippen LogP contribution is -2.24. The molecule has 0 atom stereocenters. The van der Waals surface area contributed by atoms with Crippen molar-refractivity contribution < 1.29 is 13.7 Å². The fourth-order valence-electron chi connectivity index (χ4n) is 1.33. The molecule has 1 aliphatic rings. The molecule has 0 spiro atoms. The summed E-state index contributed by atoms with van der Waals surface area (Å²) in [6.45, 7) is 1.21. The van der Waals surface area contributed by atoms with E-state index in [2.05, 4.69) is 0 Å². The molecule has 0 aliphatic carbocycles. The monoisotopic (exact) mass is 179 g/mol. The van der Waals surface area contributed by atoms with Crippen LogP contribution in [0.3, 0.4) is 0 Å². The lowest BCUT2D eigenvalue weighted by molar-refractivity contribution is 0.133. The zero-order chi connectivity index (χ0) is 9.10. The van der Waals surface area contributed by atoms with Gasteiger partial charge in [-0.2, -0.15) is 0 Å². The summed E-state index contributed by atoms with van der Waals surface area (Å²) < 4.78 is 22.6. The molecule has 1 radical (unpaired) electrons. The van der Waals surface area contributed by atoms with Crippen molar-refractivity contribution in [2.75, 3.05) is 13.2 Å². The van der Waals surface area contributed by atoms with E-state index < -0.39 is 0 Å². The van der Waals surface area contributed by atoms with Crippen LogP contribution >= 0.6 is 0 Å². The van der Waals surface area contributed by atoms with E-state index in [-0.39, 0.29) is 11.7 Å². The molecule has 0 aromatic heterocycles. The van der Waals surface area contributed by atoms with Crippen LogP contribution in [0.5, 0.6) is 0 Å². The molecule has 1 heterocycles. The van der Waals surface area contributed by atoms with Gasteiger partial charge in [0.1, 0.15) is 5.82 Å². The number of benzene rings is 1. The van der Waals surface area contributed by atoms with Gasteiger partial charge in [0.05, 0.1) is 0 Å². The average Bonchev–Trinajstić information content (AvgIpc) is 2.20. The maximum absolute atomic E-state index is 12.6. The fraction of sp³-hybridized carbons (Fsp3) is 0.333. The highest BCUT2D eigenvalue weighted by atomic mass is 19.1. The Bertz CT molecular complexity index is 269. The highest BCUT2D eigenvalue weighted by Gasteiger charge is 2.17. The van der Waals surface area contributed by atoms with Crippen LogP contribution in [0.2, 0.25) is 0 Å². The smallest absolute Gasteiger partial charge is 0.413 e. The summed E-state index contributed by atoms with van der Waals surface area (Å²) in [7, 11) is 1.35. The molecule has 1 aromatic rings. The van der Waals surface area contributed by atoms with Crippen molar-refractivity contribution in [3.05, 3.63) is 35.6 Å². The van der Waals surface area contributed by atoms with Gasteiger partial charge in [0.25, 0.3) is 0 Å². The molecule has 0 unspecified atom stereocenters. The minimum Gasteiger partial charge on any atom is -0.413 e.